The van der Waals surface area contributed by atoms with Gasteiger partial charge < -0.3 is 10.7 Å². The quantitative estimate of drug-likeness (QED) is 0.411. The first-order valence-corrected chi connectivity index (χ1v) is 5.24. The molecule has 0 aromatic carbocycles. The van der Waals surface area contributed by atoms with E-state index in [1.54, 1.807) is 0 Å². The lowest BCUT2D eigenvalue weighted by Crippen LogP contribution is -1.96. The van der Waals surface area contributed by atoms with Gasteiger partial charge in [0.05, 0.1) is 9.41 Å². The van der Waals surface area contributed by atoms with E-state index >= 15 is 0 Å². The average Bonchev–Trinajstić information content (AvgIpc) is 2.15. The fraction of sp³-hybridized carbons (Fsp3) is 0.375. The van der Waals surface area contributed by atoms with Crippen LogP contribution < -0.4 is 5.73 Å². The lowest BCUT2D eigenvalue weighted by molar-refractivity contribution is 1.07. The largest absolute Gasteiger partial charge is 0.384 e. The molecule has 13 heavy (non-hydrogen) atoms. The molecule has 0 aliphatic heterocycles. The first kappa shape index (κ1) is 12.9. The monoisotopic (exact) mass is 234 g/mol. The highest BCUT2D eigenvalue weighted by Gasteiger charge is 2.02. The third kappa shape index (κ3) is 2.93. The molecule has 0 saturated carbocycles. The lowest BCUT2D eigenvalue weighted by atomic mass is 10.3. The van der Waals surface area contributed by atoms with Gasteiger partial charge in [-0.25, -0.2) is 0 Å². The SMILES string of the molecule is CC.Cc1[nH]c(N)c(S)c(=S)c1S. The molecule has 3 N–H and O–H groups in total. The van der Waals surface area contributed by atoms with Crippen LogP contribution in [0.4, 0.5) is 5.82 Å². The minimum Gasteiger partial charge on any atom is -0.384 e. The number of rotatable bonds is 0. The Morgan fingerprint density at radius 1 is 1.23 bits per heavy atom. The van der Waals surface area contributed by atoms with Crippen molar-refractivity contribution in [1.29, 1.82) is 0 Å². The van der Waals surface area contributed by atoms with E-state index < -0.39 is 0 Å². The number of nitrogen functional groups attached to an aromatic ring is 1. The highest BCUT2D eigenvalue weighted by atomic mass is 32.1. The summed E-state index contributed by atoms with van der Waals surface area (Å²) in [6.45, 7) is 5.86. The van der Waals surface area contributed by atoms with Crippen LogP contribution >= 0.6 is 37.5 Å². The van der Waals surface area contributed by atoms with Crippen molar-refractivity contribution in [1.82, 2.24) is 4.98 Å². The number of aromatic nitrogens is 1. The third-order valence-corrected chi connectivity index (χ3v) is 3.10. The molecule has 1 rings (SSSR count). The lowest BCUT2D eigenvalue weighted by Gasteiger charge is -2.04. The van der Waals surface area contributed by atoms with Gasteiger partial charge in [-0.2, -0.15) is 0 Å². The summed E-state index contributed by atoms with van der Waals surface area (Å²) < 4.78 is 0.602. The molecule has 74 valence electrons. The van der Waals surface area contributed by atoms with Gasteiger partial charge in [-0.1, -0.05) is 26.1 Å². The van der Waals surface area contributed by atoms with E-state index in [1.165, 1.54) is 0 Å². The smallest absolute Gasteiger partial charge is 0.115 e. The Labute approximate surface area is 94.8 Å². The van der Waals surface area contributed by atoms with Crippen LogP contribution in [0.3, 0.4) is 0 Å². The summed E-state index contributed by atoms with van der Waals surface area (Å²) in [4.78, 5) is 4.23. The zero-order chi connectivity index (χ0) is 10.6. The van der Waals surface area contributed by atoms with Crippen LogP contribution in [-0.4, -0.2) is 4.98 Å². The van der Waals surface area contributed by atoms with E-state index in [0.717, 1.165) is 10.6 Å². The summed E-state index contributed by atoms with van der Waals surface area (Å²) >= 11 is 13.3. The summed E-state index contributed by atoms with van der Waals surface area (Å²) in [6, 6.07) is 0. The summed E-state index contributed by atoms with van der Waals surface area (Å²) in [5, 5.41) is 0. The Morgan fingerprint density at radius 3 is 2.15 bits per heavy atom. The van der Waals surface area contributed by atoms with Gasteiger partial charge >= 0.3 is 0 Å². The van der Waals surface area contributed by atoms with Crippen molar-refractivity contribution in [2.24, 2.45) is 0 Å². The number of nitrogens with one attached hydrogen (secondary N) is 1. The minimum atomic E-state index is 0.494. The molecule has 1 aromatic heterocycles. The fourth-order valence-electron chi connectivity index (χ4n) is 0.725. The summed E-state index contributed by atoms with van der Waals surface area (Å²) in [6.07, 6.45) is 0. The van der Waals surface area contributed by atoms with E-state index in [-0.39, 0.29) is 0 Å². The maximum atomic E-state index is 5.56. The van der Waals surface area contributed by atoms with Crippen LogP contribution in [-0.2, 0) is 0 Å². The van der Waals surface area contributed by atoms with E-state index in [2.05, 4.69) is 30.2 Å². The molecular weight excluding hydrogens is 220 g/mol. The number of hydrogen-bond acceptors (Lipinski definition) is 4. The average molecular weight is 234 g/mol. The third-order valence-electron chi connectivity index (χ3n) is 1.36. The molecule has 0 aliphatic rings. The number of H-pyrrole nitrogens is 1. The van der Waals surface area contributed by atoms with Gasteiger partial charge in [0.25, 0.3) is 0 Å². The Hall–Kier alpha value is -0.130. The van der Waals surface area contributed by atoms with Crippen molar-refractivity contribution in [2.45, 2.75) is 30.6 Å². The molecule has 1 heterocycles. The molecular formula is C8H14N2S3. The van der Waals surface area contributed by atoms with Crippen LogP contribution in [0.1, 0.15) is 19.5 Å². The molecule has 2 nitrogen and oxygen atoms in total. The topological polar surface area (TPSA) is 41.8 Å². The number of anilines is 1. The summed E-state index contributed by atoms with van der Waals surface area (Å²) in [5.41, 5.74) is 6.43. The molecule has 0 spiro atoms. The van der Waals surface area contributed by atoms with Crippen molar-refractivity contribution in [3.05, 3.63) is 10.2 Å². The molecule has 0 radical (unpaired) electrons. The zero-order valence-electron chi connectivity index (χ0n) is 7.88. The summed E-state index contributed by atoms with van der Waals surface area (Å²) in [5.74, 6) is 0.494. The van der Waals surface area contributed by atoms with Gasteiger partial charge in [0.15, 0.2) is 0 Å². The second-order valence-corrected chi connectivity index (χ2v) is 3.49. The Balaban J connectivity index is 0.000000671. The number of pyridine rings is 1. The number of thiol groups is 2. The first-order chi connectivity index (χ1) is 6.04. The van der Waals surface area contributed by atoms with Crippen molar-refractivity contribution in [3.8, 4) is 0 Å². The Bertz CT molecular complexity index is 315. The van der Waals surface area contributed by atoms with Crippen molar-refractivity contribution in [3.63, 3.8) is 0 Å². The van der Waals surface area contributed by atoms with Crippen LogP contribution in [0.15, 0.2) is 9.79 Å². The predicted molar refractivity (Wildman–Crippen MR) is 66.6 cm³/mol. The molecule has 0 bridgehead atoms. The molecule has 0 amide bonds. The van der Waals surface area contributed by atoms with Crippen molar-refractivity contribution >= 4 is 43.3 Å². The van der Waals surface area contributed by atoms with Gasteiger partial charge in [0.1, 0.15) is 5.82 Å². The number of aromatic amines is 1. The molecule has 5 heteroatoms. The van der Waals surface area contributed by atoms with Gasteiger partial charge in [-0.3, -0.25) is 0 Å². The Kier molecular flexibility index (Phi) is 5.51. The zero-order valence-corrected chi connectivity index (χ0v) is 10.5. The van der Waals surface area contributed by atoms with Gasteiger partial charge in [0, 0.05) is 10.6 Å². The van der Waals surface area contributed by atoms with E-state index in [0.29, 0.717) is 15.2 Å². The maximum Gasteiger partial charge on any atom is 0.115 e. The van der Waals surface area contributed by atoms with Gasteiger partial charge in [-0.05, 0) is 6.92 Å². The second-order valence-electron chi connectivity index (χ2n) is 2.19. The molecule has 0 fully saturated rings. The number of hydrogen-bond donors (Lipinski definition) is 4. The van der Waals surface area contributed by atoms with Crippen molar-refractivity contribution in [2.75, 3.05) is 5.73 Å². The number of nitrogens with two attached hydrogens (primary N) is 1. The van der Waals surface area contributed by atoms with Crippen molar-refractivity contribution < 1.29 is 0 Å². The van der Waals surface area contributed by atoms with E-state index in [9.17, 15) is 0 Å². The maximum absolute atomic E-state index is 5.56. The minimum absolute atomic E-state index is 0.494. The Morgan fingerprint density at radius 2 is 1.69 bits per heavy atom. The molecule has 0 unspecified atom stereocenters. The fourth-order valence-corrected chi connectivity index (χ4v) is 1.41. The highest BCUT2D eigenvalue weighted by Crippen LogP contribution is 2.23. The second kappa shape index (κ2) is 5.57. The number of aryl methyl sites for hydroxylation is 1. The van der Waals surface area contributed by atoms with Crippen LogP contribution in [0.25, 0.3) is 0 Å². The van der Waals surface area contributed by atoms with Crippen LogP contribution in [0, 0.1) is 11.4 Å². The molecule has 0 saturated heterocycles. The van der Waals surface area contributed by atoms with E-state index in [4.69, 9.17) is 18.0 Å². The first-order valence-electron chi connectivity index (χ1n) is 3.94. The summed E-state index contributed by atoms with van der Waals surface area (Å²) in [7, 11) is 0. The molecule has 0 aliphatic carbocycles. The standard InChI is InChI=1S/C6H8N2S3.C2H6/c1-2-3(9)4(10)5(11)6(7)8-2;1-2/h9,11H,1H3,(H3,7,8,10);1-2H3. The van der Waals surface area contributed by atoms with Gasteiger partial charge in [-0.15, -0.1) is 25.3 Å². The van der Waals surface area contributed by atoms with Gasteiger partial charge in [0.2, 0.25) is 0 Å². The van der Waals surface area contributed by atoms with E-state index in [1.807, 2.05) is 20.8 Å². The normalized spacial score (nSPS) is 9.00. The molecule has 1 aromatic rings. The van der Waals surface area contributed by atoms with Crippen LogP contribution in [0.5, 0.6) is 0 Å². The highest BCUT2D eigenvalue weighted by molar-refractivity contribution is 7.82. The molecule has 0 atom stereocenters. The van der Waals surface area contributed by atoms with Crippen LogP contribution in [0.2, 0.25) is 0 Å². The predicted octanol–water partition coefficient (Wildman–Crippen LogP) is 3.24.